The molecule has 3 nitrogen and oxygen atoms in total. The van der Waals surface area contributed by atoms with Crippen molar-refractivity contribution in [1.82, 2.24) is 9.55 Å². The van der Waals surface area contributed by atoms with Crippen LogP contribution in [0.25, 0.3) is 11.3 Å². The first-order valence-corrected chi connectivity index (χ1v) is 10.00. The van der Waals surface area contributed by atoms with Crippen molar-refractivity contribution in [2.24, 2.45) is 0 Å². The van der Waals surface area contributed by atoms with Gasteiger partial charge in [0.2, 0.25) is 0 Å². The van der Waals surface area contributed by atoms with Gasteiger partial charge in [0.25, 0.3) is 5.56 Å². The Kier molecular flexibility index (Phi) is 4.60. The van der Waals surface area contributed by atoms with E-state index in [4.69, 9.17) is 12.2 Å². The number of H-pyrrole nitrogens is 1. The quantitative estimate of drug-likeness (QED) is 0.633. The molecule has 0 spiro atoms. The highest BCUT2D eigenvalue weighted by atomic mass is 32.1. The van der Waals surface area contributed by atoms with Crippen molar-refractivity contribution in [2.45, 2.75) is 45.1 Å². The van der Waals surface area contributed by atoms with Crippen LogP contribution < -0.4 is 5.56 Å². The zero-order valence-corrected chi connectivity index (χ0v) is 16.6. The highest BCUT2D eigenvalue weighted by Crippen LogP contribution is 2.44. The number of benzene rings is 2. The van der Waals surface area contributed by atoms with Crippen LogP contribution in [-0.2, 0) is 18.4 Å². The third-order valence-electron chi connectivity index (χ3n) is 6.07. The predicted octanol–water partition coefficient (Wildman–Crippen LogP) is 5.24. The highest BCUT2D eigenvalue weighted by Gasteiger charge is 2.39. The van der Waals surface area contributed by atoms with Crippen molar-refractivity contribution < 1.29 is 0 Å². The lowest BCUT2D eigenvalue weighted by Gasteiger charge is -2.38. The molecule has 1 aliphatic rings. The van der Waals surface area contributed by atoms with Gasteiger partial charge in [0.05, 0.1) is 12.2 Å². The molecule has 3 aromatic rings. The van der Waals surface area contributed by atoms with Gasteiger partial charge < -0.3 is 4.98 Å². The molecular weight excluding hydrogens is 352 g/mol. The number of hydrogen-bond donors (Lipinski definition) is 1. The number of nitrogens with zero attached hydrogens (tertiary/aromatic N) is 1. The van der Waals surface area contributed by atoms with Crippen LogP contribution in [0, 0.1) is 4.77 Å². The fourth-order valence-electron chi connectivity index (χ4n) is 4.40. The topological polar surface area (TPSA) is 37.8 Å². The average molecular weight is 377 g/mol. The van der Waals surface area contributed by atoms with E-state index < -0.39 is 0 Å². The van der Waals surface area contributed by atoms with Crippen molar-refractivity contribution in [3.63, 3.8) is 0 Å². The zero-order chi connectivity index (χ0) is 19.0. The third-order valence-corrected chi connectivity index (χ3v) is 6.39. The molecule has 0 radical (unpaired) electrons. The fraction of sp³-hybridized carbons (Fsp3) is 0.304. The third kappa shape index (κ3) is 2.88. The van der Waals surface area contributed by atoms with Gasteiger partial charge in [-0.3, -0.25) is 9.36 Å². The van der Waals surface area contributed by atoms with Crippen LogP contribution >= 0.6 is 12.2 Å². The van der Waals surface area contributed by atoms with Crippen molar-refractivity contribution in [3.8, 4) is 11.3 Å². The minimum Gasteiger partial charge on any atom is -0.331 e. The summed E-state index contributed by atoms with van der Waals surface area (Å²) in [5, 5.41) is 0. The molecule has 2 aromatic carbocycles. The van der Waals surface area contributed by atoms with Gasteiger partial charge in [-0.15, -0.1) is 0 Å². The van der Waals surface area contributed by atoms with Crippen molar-refractivity contribution in [1.29, 1.82) is 0 Å². The van der Waals surface area contributed by atoms with Crippen LogP contribution in [0.1, 0.15) is 43.4 Å². The fourth-order valence-corrected chi connectivity index (χ4v) is 4.65. The van der Waals surface area contributed by atoms with E-state index in [1.165, 1.54) is 5.56 Å². The summed E-state index contributed by atoms with van der Waals surface area (Å²) >= 11 is 5.61. The molecule has 0 unspecified atom stereocenters. The minimum atomic E-state index is -0.154. The SMILES string of the molecule is CCC1(CC)Cc2ccccc2-c2[nH]c(=S)n(Cc3ccccc3)c(=O)c21. The molecule has 0 fully saturated rings. The van der Waals surface area contributed by atoms with E-state index in [9.17, 15) is 4.79 Å². The Balaban J connectivity index is 1.99. The van der Waals surface area contributed by atoms with Crippen LogP contribution in [0.15, 0.2) is 59.4 Å². The van der Waals surface area contributed by atoms with E-state index in [2.05, 4.69) is 37.0 Å². The lowest BCUT2D eigenvalue weighted by Crippen LogP contribution is -2.41. The van der Waals surface area contributed by atoms with Crippen LogP contribution in [0.3, 0.4) is 0 Å². The molecule has 0 atom stereocenters. The second-order valence-corrected chi connectivity index (χ2v) is 7.77. The monoisotopic (exact) mass is 376 g/mol. The van der Waals surface area contributed by atoms with Gasteiger partial charge in [0.1, 0.15) is 0 Å². The largest absolute Gasteiger partial charge is 0.331 e. The van der Waals surface area contributed by atoms with Gasteiger partial charge in [0, 0.05) is 16.5 Å². The first kappa shape index (κ1) is 17.9. The summed E-state index contributed by atoms with van der Waals surface area (Å²) < 4.78 is 2.21. The molecule has 138 valence electrons. The van der Waals surface area contributed by atoms with E-state index in [1.807, 2.05) is 36.4 Å². The molecular formula is C23H24N2OS. The summed E-state index contributed by atoms with van der Waals surface area (Å²) in [5.41, 5.74) is 5.19. The Morgan fingerprint density at radius 2 is 1.70 bits per heavy atom. The number of aromatic nitrogens is 2. The number of aromatic amines is 1. The van der Waals surface area contributed by atoms with Gasteiger partial charge in [-0.05, 0) is 42.6 Å². The Hall–Kier alpha value is -2.46. The molecule has 1 heterocycles. The number of nitrogens with one attached hydrogen (secondary N) is 1. The van der Waals surface area contributed by atoms with Gasteiger partial charge in [0.15, 0.2) is 4.77 Å². The minimum absolute atomic E-state index is 0.0517. The molecule has 1 aromatic heterocycles. The van der Waals surface area contributed by atoms with Gasteiger partial charge in [-0.1, -0.05) is 68.4 Å². The Labute approximate surface area is 164 Å². The number of fused-ring (bicyclic) bond motifs is 3. The molecule has 4 rings (SSSR count). The van der Waals surface area contributed by atoms with Crippen LogP contribution in [0.2, 0.25) is 0 Å². The zero-order valence-electron chi connectivity index (χ0n) is 15.8. The second-order valence-electron chi connectivity index (χ2n) is 7.38. The van der Waals surface area contributed by atoms with Crippen LogP contribution in [-0.4, -0.2) is 9.55 Å². The normalized spacial score (nSPS) is 14.4. The van der Waals surface area contributed by atoms with Gasteiger partial charge >= 0.3 is 0 Å². The summed E-state index contributed by atoms with van der Waals surface area (Å²) in [6, 6.07) is 18.4. The van der Waals surface area contributed by atoms with E-state index in [1.54, 1.807) is 4.57 Å². The summed E-state index contributed by atoms with van der Waals surface area (Å²) in [7, 11) is 0. The molecule has 0 bridgehead atoms. The smallest absolute Gasteiger partial charge is 0.258 e. The Bertz CT molecular complexity index is 1090. The molecule has 1 aliphatic carbocycles. The number of hydrogen-bond acceptors (Lipinski definition) is 2. The Morgan fingerprint density at radius 3 is 2.41 bits per heavy atom. The van der Waals surface area contributed by atoms with E-state index in [-0.39, 0.29) is 11.0 Å². The van der Waals surface area contributed by atoms with Gasteiger partial charge in [-0.25, -0.2) is 0 Å². The number of rotatable bonds is 4. The first-order valence-electron chi connectivity index (χ1n) is 9.59. The van der Waals surface area contributed by atoms with Crippen molar-refractivity contribution >= 4 is 12.2 Å². The van der Waals surface area contributed by atoms with E-state index in [0.29, 0.717) is 11.3 Å². The maximum absolute atomic E-state index is 13.7. The summed E-state index contributed by atoms with van der Waals surface area (Å²) in [6.45, 7) is 4.86. The van der Waals surface area contributed by atoms with Crippen LogP contribution in [0.5, 0.6) is 0 Å². The molecule has 0 aliphatic heterocycles. The molecule has 4 heteroatoms. The lowest BCUT2D eigenvalue weighted by molar-refractivity contribution is 0.379. The van der Waals surface area contributed by atoms with Crippen LogP contribution in [0.4, 0.5) is 0 Å². The summed E-state index contributed by atoms with van der Waals surface area (Å²) in [4.78, 5) is 17.1. The second kappa shape index (κ2) is 6.93. The molecule has 0 saturated heterocycles. The summed E-state index contributed by atoms with van der Waals surface area (Å²) in [6.07, 6.45) is 2.75. The molecule has 0 amide bonds. The Morgan fingerprint density at radius 1 is 1.04 bits per heavy atom. The highest BCUT2D eigenvalue weighted by molar-refractivity contribution is 7.71. The van der Waals surface area contributed by atoms with E-state index in [0.717, 1.165) is 41.6 Å². The first-order chi connectivity index (χ1) is 13.1. The maximum atomic E-state index is 13.7. The van der Waals surface area contributed by atoms with E-state index >= 15 is 0 Å². The molecule has 0 saturated carbocycles. The predicted molar refractivity (Wildman–Crippen MR) is 113 cm³/mol. The summed E-state index contributed by atoms with van der Waals surface area (Å²) in [5.74, 6) is 0. The molecule has 27 heavy (non-hydrogen) atoms. The maximum Gasteiger partial charge on any atom is 0.258 e. The van der Waals surface area contributed by atoms with Crippen molar-refractivity contribution in [3.05, 3.63) is 86.4 Å². The van der Waals surface area contributed by atoms with Crippen molar-refractivity contribution in [2.75, 3.05) is 0 Å². The molecule has 1 N–H and O–H groups in total. The lowest BCUT2D eigenvalue weighted by atomic mass is 9.66. The standard InChI is InChI=1S/C23H24N2OS/c1-3-23(4-2)14-17-12-8-9-13-18(17)20-19(23)21(26)25(22(27)24-20)15-16-10-6-5-7-11-16/h5-13H,3-4,14-15H2,1-2H3,(H,24,27). The average Bonchev–Trinajstić information content (AvgIpc) is 2.71. The van der Waals surface area contributed by atoms with Gasteiger partial charge in [-0.2, -0.15) is 0 Å².